The molecule has 0 aliphatic rings. The fraction of sp³-hybridized carbons (Fsp3) is 0.0833. The Morgan fingerprint density at radius 2 is 0.938 bits per heavy atom. The molecule has 0 aromatic heterocycles. The van der Waals surface area contributed by atoms with Crippen LogP contribution in [0.5, 0.6) is 0 Å². The van der Waals surface area contributed by atoms with Gasteiger partial charge in [-0.05, 0) is 22.9 Å². The predicted molar refractivity (Wildman–Crippen MR) is 156 cm³/mol. The lowest BCUT2D eigenvalue weighted by molar-refractivity contribution is 1.52. The first-order valence-corrected chi connectivity index (χ1v) is 11.6. The molecule has 0 aliphatic carbocycles. The molecule has 4 aromatic carbocycles. The van der Waals surface area contributed by atoms with E-state index in [1.807, 2.05) is 48.5 Å². The van der Waals surface area contributed by atoms with Crippen LogP contribution in [0.4, 0.5) is 11.4 Å². The minimum Gasteiger partial charge on any atom is -0.378 e. The van der Waals surface area contributed by atoms with Crippen molar-refractivity contribution in [3.63, 3.8) is 0 Å². The fourth-order valence-corrected chi connectivity index (χ4v) is 4.62. The van der Waals surface area contributed by atoms with Gasteiger partial charge in [0.25, 0.3) is 0 Å². The molecule has 8 heteroatoms. The molecule has 0 amide bonds. The van der Waals surface area contributed by atoms with Gasteiger partial charge < -0.3 is 11.5 Å². The van der Waals surface area contributed by atoms with E-state index in [2.05, 4.69) is 46.4 Å². The third-order valence-electron chi connectivity index (χ3n) is 4.58. The van der Waals surface area contributed by atoms with Gasteiger partial charge in [-0.2, -0.15) is 0 Å². The fourth-order valence-electron chi connectivity index (χ4n) is 3.21. The molecular weight excluding hydrogens is 568 g/mol. The maximum atomic E-state index is 6.14. The molecule has 0 bridgehead atoms. The SMILES string of the molecule is Br.Br.NC(=Nc1cccc2ccccc12)SCCSC(N)=Nc1cccc2ccccc12. The molecule has 166 valence electrons. The van der Waals surface area contributed by atoms with E-state index in [1.165, 1.54) is 23.5 Å². The first-order chi connectivity index (χ1) is 14.7. The zero-order chi connectivity index (χ0) is 20.8. The lowest BCUT2D eigenvalue weighted by atomic mass is 10.1. The Labute approximate surface area is 217 Å². The molecule has 0 unspecified atom stereocenters. The van der Waals surface area contributed by atoms with Gasteiger partial charge in [0.2, 0.25) is 0 Å². The number of fused-ring (bicyclic) bond motifs is 2. The number of amidine groups is 2. The molecule has 0 saturated carbocycles. The molecule has 4 aromatic rings. The van der Waals surface area contributed by atoms with Gasteiger partial charge in [0, 0.05) is 22.3 Å². The summed E-state index contributed by atoms with van der Waals surface area (Å²) in [6.45, 7) is 0. The van der Waals surface area contributed by atoms with Gasteiger partial charge in [0.15, 0.2) is 10.3 Å². The van der Waals surface area contributed by atoms with Gasteiger partial charge >= 0.3 is 0 Å². The second-order valence-electron chi connectivity index (χ2n) is 6.59. The molecule has 0 spiro atoms. The number of hydrogen-bond acceptors (Lipinski definition) is 4. The van der Waals surface area contributed by atoms with Gasteiger partial charge in [0.05, 0.1) is 11.4 Å². The van der Waals surface area contributed by atoms with E-state index in [1.54, 1.807) is 0 Å². The van der Waals surface area contributed by atoms with Crippen molar-refractivity contribution in [1.82, 2.24) is 0 Å². The zero-order valence-electron chi connectivity index (χ0n) is 17.2. The first-order valence-electron chi connectivity index (χ1n) is 9.60. The Morgan fingerprint density at radius 1 is 0.562 bits per heavy atom. The van der Waals surface area contributed by atoms with E-state index in [0.29, 0.717) is 10.3 Å². The van der Waals surface area contributed by atoms with Crippen LogP contribution < -0.4 is 11.5 Å². The quantitative estimate of drug-likeness (QED) is 0.146. The van der Waals surface area contributed by atoms with Crippen molar-refractivity contribution < 1.29 is 0 Å². The average molecular weight is 592 g/mol. The Kier molecular flexibility index (Phi) is 10.6. The Balaban J connectivity index is 0.00000181. The second kappa shape index (κ2) is 12.9. The van der Waals surface area contributed by atoms with Gasteiger partial charge in [-0.25, -0.2) is 9.98 Å². The topological polar surface area (TPSA) is 76.8 Å². The Hall–Kier alpha value is -2.00. The summed E-state index contributed by atoms with van der Waals surface area (Å²) >= 11 is 3.05. The second-order valence-corrected chi connectivity index (χ2v) is 8.82. The molecule has 0 saturated heterocycles. The summed E-state index contributed by atoms with van der Waals surface area (Å²) in [6.07, 6.45) is 0. The monoisotopic (exact) mass is 590 g/mol. The predicted octanol–water partition coefficient (Wildman–Crippen LogP) is 7.21. The smallest absolute Gasteiger partial charge is 0.159 e. The molecule has 0 fully saturated rings. The largest absolute Gasteiger partial charge is 0.378 e. The number of rotatable bonds is 5. The lowest BCUT2D eigenvalue weighted by Gasteiger charge is -2.05. The Bertz CT molecular complexity index is 1140. The van der Waals surface area contributed by atoms with E-state index < -0.39 is 0 Å². The van der Waals surface area contributed by atoms with Crippen molar-refractivity contribution in [2.75, 3.05) is 11.5 Å². The number of nitrogens with two attached hydrogens (primary N) is 2. The normalized spacial score (nSPS) is 11.8. The number of halogens is 2. The van der Waals surface area contributed by atoms with Crippen LogP contribution >= 0.6 is 57.5 Å². The van der Waals surface area contributed by atoms with Crippen LogP contribution in [0.3, 0.4) is 0 Å². The highest BCUT2D eigenvalue weighted by molar-refractivity contribution is 8.93. The summed E-state index contributed by atoms with van der Waals surface area (Å²) < 4.78 is 0. The van der Waals surface area contributed by atoms with Crippen molar-refractivity contribution in [1.29, 1.82) is 0 Å². The molecule has 4 rings (SSSR count). The zero-order valence-corrected chi connectivity index (χ0v) is 22.2. The van der Waals surface area contributed by atoms with E-state index in [4.69, 9.17) is 11.5 Å². The van der Waals surface area contributed by atoms with Crippen LogP contribution in [-0.4, -0.2) is 21.8 Å². The van der Waals surface area contributed by atoms with E-state index in [0.717, 1.165) is 44.4 Å². The molecule has 4 N–H and O–H groups in total. The summed E-state index contributed by atoms with van der Waals surface area (Å²) in [5.74, 6) is 1.60. The van der Waals surface area contributed by atoms with Crippen LogP contribution in [0.15, 0.2) is 94.9 Å². The minimum absolute atomic E-state index is 0. The van der Waals surface area contributed by atoms with E-state index in [-0.39, 0.29) is 34.0 Å². The molecular formula is C24H24Br2N4S2. The summed E-state index contributed by atoms with van der Waals surface area (Å²) in [5, 5.41) is 5.62. The first kappa shape index (κ1) is 26.3. The molecule has 4 nitrogen and oxygen atoms in total. The standard InChI is InChI=1S/C24H22N4S2.2BrH/c25-23(27-21-13-5-9-17-7-1-3-11-19(17)21)29-15-16-30-24(26)28-22-14-6-10-18-8-2-4-12-20(18)22;;/h1-14H,15-16H2,(H2,25,27)(H2,26,28);2*1H. The molecule has 0 aliphatic heterocycles. The number of nitrogens with zero attached hydrogens (tertiary/aromatic N) is 2. The van der Waals surface area contributed by atoms with Gasteiger partial charge in [-0.3, -0.25) is 0 Å². The Morgan fingerprint density at radius 3 is 1.38 bits per heavy atom. The summed E-state index contributed by atoms with van der Waals surface area (Å²) in [6, 6.07) is 28.5. The number of hydrogen-bond donors (Lipinski definition) is 2. The van der Waals surface area contributed by atoms with Gasteiger partial charge in [-0.1, -0.05) is 96.3 Å². The highest BCUT2D eigenvalue weighted by atomic mass is 79.9. The lowest BCUT2D eigenvalue weighted by Crippen LogP contribution is -2.10. The third kappa shape index (κ3) is 6.75. The van der Waals surface area contributed by atoms with Crippen LogP contribution in [0.1, 0.15) is 0 Å². The van der Waals surface area contributed by atoms with E-state index in [9.17, 15) is 0 Å². The van der Waals surface area contributed by atoms with Crippen LogP contribution in [-0.2, 0) is 0 Å². The number of benzene rings is 4. The third-order valence-corrected chi connectivity index (χ3v) is 6.43. The van der Waals surface area contributed by atoms with Crippen LogP contribution in [0, 0.1) is 0 Å². The highest BCUT2D eigenvalue weighted by Crippen LogP contribution is 2.27. The van der Waals surface area contributed by atoms with E-state index >= 15 is 0 Å². The van der Waals surface area contributed by atoms with Crippen LogP contribution in [0.2, 0.25) is 0 Å². The van der Waals surface area contributed by atoms with Crippen molar-refractivity contribution >= 4 is 101 Å². The molecule has 0 radical (unpaired) electrons. The maximum Gasteiger partial charge on any atom is 0.159 e. The molecule has 0 heterocycles. The van der Waals surface area contributed by atoms with Crippen molar-refractivity contribution in [3.05, 3.63) is 84.9 Å². The maximum absolute atomic E-state index is 6.14. The van der Waals surface area contributed by atoms with Crippen LogP contribution in [0.25, 0.3) is 21.5 Å². The summed E-state index contributed by atoms with van der Waals surface area (Å²) in [4.78, 5) is 9.18. The van der Waals surface area contributed by atoms with Crippen molar-refractivity contribution in [3.8, 4) is 0 Å². The number of aliphatic imine (C=N–C) groups is 2. The summed E-state index contributed by atoms with van der Waals surface area (Å²) in [7, 11) is 0. The van der Waals surface area contributed by atoms with Gasteiger partial charge in [0.1, 0.15) is 0 Å². The van der Waals surface area contributed by atoms with Gasteiger partial charge in [-0.15, -0.1) is 34.0 Å². The molecule has 32 heavy (non-hydrogen) atoms. The highest BCUT2D eigenvalue weighted by Gasteiger charge is 2.03. The number of thioether (sulfide) groups is 2. The van der Waals surface area contributed by atoms with Crippen molar-refractivity contribution in [2.24, 2.45) is 21.5 Å². The average Bonchev–Trinajstić information content (AvgIpc) is 2.77. The van der Waals surface area contributed by atoms with Crippen molar-refractivity contribution in [2.45, 2.75) is 0 Å². The molecule has 0 atom stereocenters. The minimum atomic E-state index is 0. The summed E-state index contributed by atoms with van der Waals surface area (Å²) in [5.41, 5.74) is 14.1.